The van der Waals surface area contributed by atoms with Gasteiger partial charge in [0, 0.05) is 48.9 Å². The summed E-state index contributed by atoms with van der Waals surface area (Å²) in [6.07, 6.45) is 0.906. The van der Waals surface area contributed by atoms with E-state index in [9.17, 15) is 4.79 Å². The van der Waals surface area contributed by atoms with E-state index in [0.717, 1.165) is 44.0 Å². The molecule has 0 bridgehead atoms. The molecule has 0 saturated carbocycles. The number of carbonyl (C=O) groups excluding carboxylic acids is 1. The average Bonchev–Trinajstić information content (AvgIpc) is 3.43. The summed E-state index contributed by atoms with van der Waals surface area (Å²) in [6, 6.07) is 14.4. The number of rotatable bonds is 5. The van der Waals surface area contributed by atoms with Crippen LogP contribution in [0, 0.1) is 18.8 Å². The van der Waals surface area contributed by atoms with Crippen molar-refractivity contribution in [1.29, 1.82) is 0 Å². The molecule has 0 spiro atoms. The molecule has 1 amide bonds. The number of thiophene rings is 1. The molecule has 7 heteroatoms. The van der Waals surface area contributed by atoms with Gasteiger partial charge >= 0.3 is 0 Å². The average molecular weight is 408 g/mol. The minimum absolute atomic E-state index is 0.144. The summed E-state index contributed by atoms with van der Waals surface area (Å²) in [7, 11) is 0. The van der Waals surface area contributed by atoms with Crippen LogP contribution in [0.3, 0.4) is 0 Å². The molecular formula is C22H25N5OS. The third-order valence-corrected chi connectivity index (χ3v) is 7.00. The minimum Gasteiger partial charge on any atom is -0.345 e. The van der Waals surface area contributed by atoms with E-state index in [4.69, 9.17) is 0 Å². The summed E-state index contributed by atoms with van der Waals surface area (Å²) in [4.78, 5) is 18.1. The maximum atomic E-state index is 12.7. The second-order valence-corrected chi connectivity index (χ2v) is 9.52. The normalized spacial score (nSPS) is 21.0. The Labute approximate surface area is 174 Å². The van der Waals surface area contributed by atoms with Crippen molar-refractivity contribution in [3.8, 4) is 0 Å². The standard InChI is InChI=1S/C22H25N5OS/c1-15-7-8-19(29-15)14-26-11-17-9-20-24-25-21(27(20)13-18(17)12-26)22(28)23-10-16-5-3-2-4-6-16/h2-8,17-18H,9-14H2,1H3,(H,23,28). The Hall–Kier alpha value is -2.51. The molecule has 2 aromatic heterocycles. The molecule has 2 unspecified atom stereocenters. The van der Waals surface area contributed by atoms with Crippen molar-refractivity contribution in [2.75, 3.05) is 13.1 Å². The molecule has 1 N–H and O–H groups in total. The Bertz CT molecular complexity index is 1010. The van der Waals surface area contributed by atoms with Crippen molar-refractivity contribution < 1.29 is 4.79 Å². The number of nitrogens with zero attached hydrogens (tertiary/aromatic N) is 4. The molecule has 2 aliphatic rings. The van der Waals surface area contributed by atoms with Crippen molar-refractivity contribution in [3.05, 3.63) is 69.4 Å². The highest BCUT2D eigenvalue weighted by atomic mass is 32.1. The van der Waals surface area contributed by atoms with Gasteiger partial charge in [-0.2, -0.15) is 0 Å². The zero-order valence-corrected chi connectivity index (χ0v) is 17.4. The highest BCUT2D eigenvalue weighted by Crippen LogP contribution is 2.33. The van der Waals surface area contributed by atoms with Crippen LogP contribution in [0.4, 0.5) is 0 Å². The fourth-order valence-electron chi connectivity index (χ4n) is 4.57. The highest BCUT2D eigenvalue weighted by Gasteiger charge is 2.39. The lowest BCUT2D eigenvalue weighted by atomic mass is 9.89. The van der Waals surface area contributed by atoms with E-state index in [1.54, 1.807) is 0 Å². The Morgan fingerprint density at radius 3 is 2.72 bits per heavy atom. The Morgan fingerprint density at radius 2 is 1.93 bits per heavy atom. The number of hydrogen-bond donors (Lipinski definition) is 1. The number of hydrogen-bond acceptors (Lipinski definition) is 5. The maximum Gasteiger partial charge on any atom is 0.289 e. The van der Waals surface area contributed by atoms with Crippen LogP contribution in [-0.2, 0) is 26.1 Å². The number of nitrogens with one attached hydrogen (secondary N) is 1. The molecule has 5 rings (SSSR count). The lowest BCUT2D eigenvalue weighted by molar-refractivity contribution is 0.0932. The third kappa shape index (κ3) is 3.84. The molecule has 4 heterocycles. The van der Waals surface area contributed by atoms with E-state index in [1.165, 1.54) is 9.75 Å². The largest absolute Gasteiger partial charge is 0.345 e. The molecule has 6 nitrogen and oxygen atoms in total. The molecule has 150 valence electrons. The van der Waals surface area contributed by atoms with Gasteiger partial charge < -0.3 is 9.88 Å². The van der Waals surface area contributed by atoms with Gasteiger partial charge in [-0.1, -0.05) is 30.3 Å². The number of aromatic nitrogens is 3. The fourth-order valence-corrected chi connectivity index (χ4v) is 5.50. The monoisotopic (exact) mass is 407 g/mol. The minimum atomic E-state index is -0.144. The van der Waals surface area contributed by atoms with Crippen LogP contribution in [0.25, 0.3) is 0 Å². The summed E-state index contributed by atoms with van der Waals surface area (Å²) >= 11 is 1.88. The second-order valence-electron chi connectivity index (χ2n) is 8.15. The van der Waals surface area contributed by atoms with Crippen LogP contribution in [-0.4, -0.2) is 38.7 Å². The van der Waals surface area contributed by atoms with Gasteiger partial charge in [-0.15, -0.1) is 21.5 Å². The Kier molecular flexibility index (Phi) is 4.93. The number of amides is 1. The Balaban J connectivity index is 1.24. The number of carbonyl (C=O) groups is 1. The number of likely N-dealkylation sites (tertiary alicyclic amines) is 1. The predicted octanol–water partition coefficient (Wildman–Crippen LogP) is 2.88. The fraction of sp³-hybridized carbons (Fsp3) is 0.409. The molecule has 1 aromatic carbocycles. The van der Waals surface area contributed by atoms with E-state index in [1.807, 2.05) is 46.2 Å². The predicted molar refractivity (Wildman–Crippen MR) is 113 cm³/mol. The number of aryl methyl sites for hydroxylation is 1. The second kappa shape index (κ2) is 7.72. The van der Waals surface area contributed by atoms with E-state index >= 15 is 0 Å². The van der Waals surface area contributed by atoms with Gasteiger partial charge in [-0.25, -0.2) is 0 Å². The van der Waals surface area contributed by atoms with Crippen molar-refractivity contribution in [1.82, 2.24) is 25.0 Å². The lowest BCUT2D eigenvalue weighted by Crippen LogP contribution is -2.32. The summed E-state index contributed by atoms with van der Waals surface area (Å²) in [6.45, 7) is 6.70. The van der Waals surface area contributed by atoms with Crippen LogP contribution in [0.15, 0.2) is 42.5 Å². The molecule has 3 aromatic rings. The molecule has 2 aliphatic heterocycles. The van der Waals surface area contributed by atoms with Crippen LogP contribution >= 0.6 is 11.3 Å². The van der Waals surface area contributed by atoms with Gasteiger partial charge in [-0.05, 0) is 36.5 Å². The van der Waals surface area contributed by atoms with Gasteiger partial charge in [0.2, 0.25) is 5.82 Å². The van der Waals surface area contributed by atoms with Crippen LogP contribution in [0.2, 0.25) is 0 Å². The van der Waals surface area contributed by atoms with E-state index < -0.39 is 0 Å². The Morgan fingerprint density at radius 1 is 1.10 bits per heavy atom. The SMILES string of the molecule is Cc1ccc(CN2CC3Cc4nnc(C(=O)NCc5ccccc5)n4CC3C2)s1. The van der Waals surface area contributed by atoms with E-state index in [2.05, 4.69) is 39.5 Å². The lowest BCUT2D eigenvalue weighted by Gasteiger charge is -2.25. The van der Waals surface area contributed by atoms with Crippen molar-refractivity contribution in [2.24, 2.45) is 11.8 Å². The first-order valence-electron chi connectivity index (χ1n) is 10.2. The van der Waals surface area contributed by atoms with E-state index in [-0.39, 0.29) is 5.91 Å². The van der Waals surface area contributed by atoms with Gasteiger partial charge in [0.25, 0.3) is 5.91 Å². The summed E-state index contributed by atoms with van der Waals surface area (Å²) < 4.78 is 2.04. The van der Waals surface area contributed by atoms with Crippen LogP contribution in [0.5, 0.6) is 0 Å². The number of benzene rings is 1. The summed E-state index contributed by atoms with van der Waals surface area (Å²) in [5, 5.41) is 11.5. The molecule has 2 atom stereocenters. The molecule has 1 fully saturated rings. The third-order valence-electron chi connectivity index (χ3n) is 6.02. The summed E-state index contributed by atoms with van der Waals surface area (Å²) in [5.41, 5.74) is 1.08. The molecular weight excluding hydrogens is 382 g/mol. The quantitative estimate of drug-likeness (QED) is 0.706. The first-order valence-corrected chi connectivity index (χ1v) is 11.0. The van der Waals surface area contributed by atoms with Gasteiger partial charge in [0.15, 0.2) is 0 Å². The van der Waals surface area contributed by atoms with Crippen molar-refractivity contribution in [2.45, 2.75) is 33.0 Å². The van der Waals surface area contributed by atoms with Crippen molar-refractivity contribution >= 4 is 17.2 Å². The first-order chi connectivity index (χ1) is 14.2. The van der Waals surface area contributed by atoms with Crippen LogP contribution < -0.4 is 5.32 Å². The smallest absolute Gasteiger partial charge is 0.289 e. The molecule has 0 radical (unpaired) electrons. The maximum absolute atomic E-state index is 12.7. The van der Waals surface area contributed by atoms with Gasteiger partial charge in [0.1, 0.15) is 5.82 Å². The zero-order valence-electron chi connectivity index (χ0n) is 16.5. The topological polar surface area (TPSA) is 63.1 Å². The zero-order chi connectivity index (χ0) is 19.8. The van der Waals surface area contributed by atoms with E-state index in [0.29, 0.717) is 24.2 Å². The molecule has 1 saturated heterocycles. The highest BCUT2D eigenvalue weighted by molar-refractivity contribution is 7.11. The van der Waals surface area contributed by atoms with Gasteiger partial charge in [-0.3, -0.25) is 9.69 Å². The van der Waals surface area contributed by atoms with Gasteiger partial charge in [0.05, 0.1) is 0 Å². The van der Waals surface area contributed by atoms with Crippen molar-refractivity contribution in [3.63, 3.8) is 0 Å². The first kappa shape index (κ1) is 18.5. The molecule has 29 heavy (non-hydrogen) atoms. The summed E-state index contributed by atoms with van der Waals surface area (Å²) in [5.74, 6) is 2.41. The molecule has 0 aliphatic carbocycles. The van der Waals surface area contributed by atoms with Crippen LogP contribution in [0.1, 0.15) is 31.8 Å². The number of fused-ring (bicyclic) bond motifs is 2.